The van der Waals surface area contributed by atoms with E-state index in [0.29, 0.717) is 11.7 Å². The lowest BCUT2D eigenvalue weighted by Gasteiger charge is -2.40. The second-order valence-corrected chi connectivity index (χ2v) is 5.65. The Morgan fingerprint density at radius 2 is 2.06 bits per heavy atom. The van der Waals surface area contributed by atoms with Gasteiger partial charge in [-0.25, -0.2) is 0 Å². The Morgan fingerprint density at radius 1 is 1.28 bits per heavy atom. The predicted molar refractivity (Wildman–Crippen MR) is 75.9 cm³/mol. The van der Waals surface area contributed by atoms with Crippen molar-refractivity contribution in [1.29, 1.82) is 0 Å². The monoisotopic (exact) mass is 257 g/mol. The highest BCUT2D eigenvalue weighted by atomic mass is 32.2. The zero-order chi connectivity index (χ0) is 12.5. The minimum Gasteiger partial charge on any atom is -0.303 e. The second-order valence-electron chi connectivity index (χ2n) is 4.43. The highest BCUT2D eigenvalue weighted by molar-refractivity contribution is 8.00. The number of para-hydroxylation sites is 1. The Hall–Kier alpha value is -1.48. The number of nitrogens with zero attached hydrogens (tertiary/aromatic N) is 1. The number of benzene rings is 1. The molecule has 2 unspecified atom stereocenters. The van der Waals surface area contributed by atoms with Gasteiger partial charge in [-0.1, -0.05) is 43.4 Å². The summed E-state index contributed by atoms with van der Waals surface area (Å²) in [6.45, 7) is 1.92. The molecule has 0 bridgehead atoms. The molecular formula is C15H15NOS. The molecule has 0 saturated heterocycles. The molecule has 18 heavy (non-hydrogen) atoms. The maximum Gasteiger partial charge on any atom is 0.227 e. The zero-order valence-corrected chi connectivity index (χ0v) is 11.1. The number of hydrogen-bond donors (Lipinski definition) is 0. The minimum atomic E-state index is 0.155. The zero-order valence-electron chi connectivity index (χ0n) is 10.2. The standard InChI is InChI=1S/C15H15NOS/c1-2-15(17)16-11-7-3-5-9-13(11)18-14-10-6-4-8-12(14)16/h3-11,13H,2H2,1H3. The molecule has 2 nitrogen and oxygen atoms in total. The predicted octanol–water partition coefficient (Wildman–Crippen LogP) is 3.40. The number of thioether (sulfide) groups is 1. The van der Waals surface area contributed by atoms with Crippen molar-refractivity contribution in [3.8, 4) is 0 Å². The molecule has 0 fully saturated rings. The van der Waals surface area contributed by atoms with Crippen molar-refractivity contribution in [2.75, 3.05) is 4.90 Å². The summed E-state index contributed by atoms with van der Waals surface area (Å²) in [5.41, 5.74) is 1.05. The van der Waals surface area contributed by atoms with E-state index in [1.807, 2.05) is 47.9 Å². The number of allylic oxidation sites excluding steroid dienone is 2. The largest absolute Gasteiger partial charge is 0.303 e. The molecule has 3 rings (SSSR count). The van der Waals surface area contributed by atoms with Crippen LogP contribution in [-0.2, 0) is 4.79 Å². The molecule has 3 heteroatoms. The van der Waals surface area contributed by atoms with Gasteiger partial charge >= 0.3 is 0 Å². The minimum absolute atomic E-state index is 0.155. The SMILES string of the molecule is CCC(=O)N1c2ccccc2SC2C=CC=CC21. The van der Waals surface area contributed by atoms with Crippen molar-refractivity contribution in [2.24, 2.45) is 0 Å². The van der Waals surface area contributed by atoms with Crippen molar-refractivity contribution in [1.82, 2.24) is 0 Å². The van der Waals surface area contributed by atoms with Crippen LogP contribution in [0.5, 0.6) is 0 Å². The molecule has 1 aliphatic heterocycles. The Kier molecular flexibility index (Phi) is 3.00. The molecule has 0 saturated carbocycles. The summed E-state index contributed by atoms with van der Waals surface area (Å²) < 4.78 is 0. The molecule has 92 valence electrons. The van der Waals surface area contributed by atoms with Crippen LogP contribution in [0.1, 0.15) is 13.3 Å². The normalized spacial score (nSPS) is 24.6. The first kappa shape index (κ1) is 11.6. The van der Waals surface area contributed by atoms with Crippen molar-refractivity contribution in [3.63, 3.8) is 0 Å². The van der Waals surface area contributed by atoms with E-state index < -0.39 is 0 Å². The summed E-state index contributed by atoms with van der Waals surface area (Å²) in [5, 5.41) is 0.334. The molecule has 1 aromatic carbocycles. The molecule has 0 spiro atoms. The van der Waals surface area contributed by atoms with Crippen LogP contribution >= 0.6 is 11.8 Å². The van der Waals surface area contributed by atoms with Gasteiger partial charge in [-0.3, -0.25) is 4.79 Å². The molecule has 1 aliphatic carbocycles. The van der Waals surface area contributed by atoms with E-state index in [-0.39, 0.29) is 11.9 Å². The van der Waals surface area contributed by atoms with E-state index in [1.54, 1.807) is 0 Å². The average molecular weight is 257 g/mol. The van der Waals surface area contributed by atoms with E-state index in [1.165, 1.54) is 4.90 Å². The van der Waals surface area contributed by atoms with Crippen molar-refractivity contribution >= 4 is 23.4 Å². The third kappa shape index (κ3) is 1.79. The number of carbonyl (C=O) groups is 1. The number of amides is 1. The number of hydrogen-bond acceptors (Lipinski definition) is 2. The van der Waals surface area contributed by atoms with E-state index in [2.05, 4.69) is 24.3 Å². The van der Waals surface area contributed by atoms with Crippen LogP contribution < -0.4 is 4.90 Å². The molecule has 2 aliphatic rings. The van der Waals surface area contributed by atoms with E-state index in [4.69, 9.17) is 0 Å². The lowest BCUT2D eigenvalue weighted by molar-refractivity contribution is -0.118. The van der Waals surface area contributed by atoms with Crippen LogP contribution in [0.3, 0.4) is 0 Å². The number of rotatable bonds is 1. The van der Waals surface area contributed by atoms with Crippen LogP contribution in [0.15, 0.2) is 53.5 Å². The molecule has 2 atom stereocenters. The first-order chi connectivity index (χ1) is 8.81. The Balaban J connectivity index is 2.10. The van der Waals surface area contributed by atoms with Crippen LogP contribution in [0.4, 0.5) is 5.69 Å². The van der Waals surface area contributed by atoms with Crippen molar-refractivity contribution in [2.45, 2.75) is 29.5 Å². The summed E-state index contributed by atoms with van der Waals surface area (Å²) in [5.74, 6) is 0.192. The van der Waals surface area contributed by atoms with Gasteiger partial charge < -0.3 is 4.90 Å². The highest BCUT2D eigenvalue weighted by Crippen LogP contribution is 2.43. The van der Waals surface area contributed by atoms with Gasteiger partial charge in [0.1, 0.15) is 0 Å². The van der Waals surface area contributed by atoms with E-state index in [0.717, 1.165) is 5.69 Å². The van der Waals surface area contributed by atoms with Gasteiger partial charge in [0.15, 0.2) is 0 Å². The molecule has 0 aromatic heterocycles. The Bertz CT molecular complexity index is 535. The maximum atomic E-state index is 12.2. The third-order valence-electron chi connectivity index (χ3n) is 3.31. The fourth-order valence-corrected chi connectivity index (χ4v) is 3.71. The van der Waals surface area contributed by atoms with Gasteiger partial charge in [0, 0.05) is 11.3 Å². The molecule has 1 amide bonds. The summed E-state index contributed by atoms with van der Waals surface area (Å²) in [7, 11) is 0. The van der Waals surface area contributed by atoms with Crippen LogP contribution in [0, 0.1) is 0 Å². The smallest absolute Gasteiger partial charge is 0.227 e. The topological polar surface area (TPSA) is 20.3 Å². The maximum absolute atomic E-state index is 12.2. The number of carbonyl (C=O) groups excluding carboxylic acids is 1. The Labute approximate surface area is 111 Å². The van der Waals surface area contributed by atoms with Gasteiger partial charge in [0.05, 0.1) is 17.0 Å². The molecule has 1 heterocycles. The summed E-state index contributed by atoms with van der Waals surface area (Å²) in [6, 6.07) is 8.32. The lowest BCUT2D eigenvalue weighted by Crippen LogP contribution is -2.47. The first-order valence-electron chi connectivity index (χ1n) is 6.24. The second kappa shape index (κ2) is 4.65. The van der Waals surface area contributed by atoms with Gasteiger partial charge in [0.2, 0.25) is 5.91 Å². The molecular weight excluding hydrogens is 242 g/mol. The van der Waals surface area contributed by atoms with Crippen LogP contribution in [-0.4, -0.2) is 17.2 Å². The van der Waals surface area contributed by atoms with E-state index >= 15 is 0 Å². The van der Waals surface area contributed by atoms with Crippen molar-refractivity contribution < 1.29 is 4.79 Å². The summed E-state index contributed by atoms with van der Waals surface area (Å²) in [4.78, 5) is 15.4. The average Bonchev–Trinajstić information content (AvgIpc) is 2.44. The first-order valence-corrected chi connectivity index (χ1v) is 7.12. The van der Waals surface area contributed by atoms with Gasteiger partial charge in [-0.15, -0.1) is 11.8 Å². The number of fused-ring (bicyclic) bond motifs is 2. The molecule has 1 aromatic rings. The van der Waals surface area contributed by atoms with Crippen molar-refractivity contribution in [3.05, 3.63) is 48.6 Å². The molecule has 0 radical (unpaired) electrons. The van der Waals surface area contributed by atoms with Gasteiger partial charge in [-0.05, 0) is 12.1 Å². The van der Waals surface area contributed by atoms with Crippen LogP contribution in [0.25, 0.3) is 0 Å². The highest BCUT2D eigenvalue weighted by Gasteiger charge is 2.35. The number of anilines is 1. The Morgan fingerprint density at radius 3 is 2.89 bits per heavy atom. The summed E-state index contributed by atoms with van der Waals surface area (Å²) >= 11 is 1.84. The summed E-state index contributed by atoms with van der Waals surface area (Å²) in [6.07, 6.45) is 8.95. The van der Waals surface area contributed by atoms with E-state index in [9.17, 15) is 4.79 Å². The lowest BCUT2D eigenvalue weighted by atomic mass is 10.0. The fraction of sp³-hybridized carbons (Fsp3) is 0.267. The molecule has 0 N–H and O–H groups in total. The quantitative estimate of drug-likeness (QED) is 0.768. The van der Waals surface area contributed by atoms with Crippen LogP contribution in [0.2, 0.25) is 0 Å². The third-order valence-corrected chi connectivity index (χ3v) is 4.62. The fourth-order valence-electron chi connectivity index (χ4n) is 2.45. The van der Waals surface area contributed by atoms with Gasteiger partial charge in [0.25, 0.3) is 0 Å². The van der Waals surface area contributed by atoms with Gasteiger partial charge in [-0.2, -0.15) is 0 Å².